The van der Waals surface area contributed by atoms with E-state index in [2.05, 4.69) is 36.8 Å². The molecule has 3 N–H and O–H groups in total. The summed E-state index contributed by atoms with van der Waals surface area (Å²) in [7, 11) is 0. The van der Waals surface area contributed by atoms with Crippen LogP contribution in [0.1, 0.15) is 27.1 Å². The number of carbonyl (C=O) groups is 3. The predicted octanol–water partition coefficient (Wildman–Crippen LogP) is 3.13. The third-order valence-electron chi connectivity index (χ3n) is 4.48. The number of hydrogen-bond donors (Lipinski definition) is 3. The number of rotatable bonds is 5. The molecule has 0 saturated heterocycles. The molecule has 9 heteroatoms. The number of nitrogens with zero attached hydrogens (tertiary/aromatic N) is 2. The number of anilines is 1. The van der Waals surface area contributed by atoms with Gasteiger partial charge in [0.25, 0.3) is 11.8 Å². The third-order valence-corrected chi connectivity index (χ3v) is 4.97. The topological polar surface area (TPSA) is 107 Å². The Morgan fingerprint density at radius 1 is 1.11 bits per heavy atom. The molecule has 1 aliphatic heterocycles. The number of imide groups is 1. The molecule has 8 nitrogen and oxygen atoms in total. The van der Waals surface area contributed by atoms with Gasteiger partial charge in [0.15, 0.2) is 0 Å². The fourth-order valence-corrected chi connectivity index (χ4v) is 3.46. The molecule has 0 atom stereocenters. The normalized spacial score (nSPS) is 13.1. The molecule has 142 valence electrons. The summed E-state index contributed by atoms with van der Waals surface area (Å²) in [6, 6.07) is 10.1. The molecule has 3 aromatic rings. The van der Waals surface area contributed by atoms with Crippen LogP contribution in [0.5, 0.6) is 0 Å². The van der Waals surface area contributed by atoms with E-state index >= 15 is 0 Å². The molecule has 0 fully saturated rings. The number of urea groups is 1. The van der Waals surface area contributed by atoms with Crippen LogP contribution >= 0.6 is 15.9 Å². The molecule has 0 spiro atoms. The van der Waals surface area contributed by atoms with Gasteiger partial charge in [-0.3, -0.25) is 19.6 Å². The molecule has 28 heavy (non-hydrogen) atoms. The quantitative estimate of drug-likeness (QED) is 0.417. The van der Waals surface area contributed by atoms with Gasteiger partial charge in [0.05, 0.1) is 22.8 Å². The second-order valence-electron chi connectivity index (χ2n) is 6.36. The largest absolute Gasteiger partial charge is 0.338 e. The van der Waals surface area contributed by atoms with Gasteiger partial charge < -0.3 is 10.6 Å². The van der Waals surface area contributed by atoms with E-state index < -0.39 is 0 Å². The summed E-state index contributed by atoms with van der Waals surface area (Å²) in [5.74, 6) is -0.608. The second-order valence-corrected chi connectivity index (χ2v) is 7.27. The Kier molecular flexibility index (Phi) is 4.82. The molecule has 0 radical (unpaired) electrons. The maximum atomic E-state index is 12.4. The Morgan fingerprint density at radius 2 is 1.93 bits per heavy atom. The van der Waals surface area contributed by atoms with Crippen LogP contribution in [0, 0.1) is 0 Å². The number of hydrogen-bond acceptors (Lipinski definition) is 4. The van der Waals surface area contributed by atoms with E-state index in [1.54, 1.807) is 36.5 Å². The summed E-state index contributed by atoms with van der Waals surface area (Å²) in [5.41, 5.74) is 2.28. The van der Waals surface area contributed by atoms with Crippen LogP contribution in [0.2, 0.25) is 0 Å². The van der Waals surface area contributed by atoms with Crippen LogP contribution in [0.25, 0.3) is 10.9 Å². The van der Waals surface area contributed by atoms with Gasteiger partial charge in [0, 0.05) is 28.6 Å². The van der Waals surface area contributed by atoms with E-state index in [-0.39, 0.29) is 24.4 Å². The lowest BCUT2D eigenvalue weighted by atomic mass is 10.1. The van der Waals surface area contributed by atoms with E-state index in [9.17, 15) is 14.4 Å². The van der Waals surface area contributed by atoms with Crippen molar-refractivity contribution in [3.63, 3.8) is 0 Å². The van der Waals surface area contributed by atoms with Crippen LogP contribution in [-0.4, -0.2) is 46.0 Å². The van der Waals surface area contributed by atoms with E-state index in [0.29, 0.717) is 29.8 Å². The molecule has 1 aromatic heterocycles. The highest BCUT2D eigenvalue weighted by Crippen LogP contribution is 2.26. The molecule has 0 bridgehead atoms. The minimum Gasteiger partial charge on any atom is -0.338 e. The lowest BCUT2D eigenvalue weighted by Gasteiger charge is -2.14. The molecule has 2 heterocycles. The van der Waals surface area contributed by atoms with Crippen molar-refractivity contribution in [3.8, 4) is 0 Å². The van der Waals surface area contributed by atoms with E-state index in [1.165, 1.54) is 4.90 Å². The van der Waals surface area contributed by atoms with Crippen molar-refractivity contribution in [2.75, 3.05) is 18.4 Å². The summed E-state index contributed by atoms with van der Waals surface area (Å²) in [4.78, 5) is 38.0. The van der Waals surface area contributed by atoms with E-state index in [0.717, 1.165) is 15.4 Å². The molecule has 2 aromatic carbocycles. The zero-order valence-electron chi connectivity index (χ0n) is 14.7. The summed E-state index contributed by atoms with van der Waals surface area (Å²) >= 11 is 3.31. The maximum absolute atomic E-state index is 12.4. The minimum absolute atomic E-state index is 0.240. The first-order valence-electron chi connectivity index (χ1n) is 8.66. The highest BCUT2D eigenvalue weighted by Gasteiger charge is 2.34. The van der Waals surface area contributed by atoms with Gasteiger partial charge in [-0.1, -0.05) is 15.9 Å². The summed E-state index contributed by atoms with van der Waals surface area (Å²) in [5, 5.41) is 13.2. The van der Waals surface area contributed by atoms with Crippen molar-refractivity contribution in [1.82, 2.24) is 20.4 Å². The standard InChI is InChI=1S/C19H16BrN5O3/c20-12-3-5-14-15(8-12)18(27)25(17(14)26)7-1-6-21-19(28)23-13-4-2-11-10-22-24-16(11)9-13/h2-5,8-10H,1,6-7H2,(H,22,24)(H2,21,23,28). The van der Waals surface area contributed by atoms with Crippen molar-refractivity contribution < 1.29 is 14.4 Å². The van der Waals surface area contributed by atoms with Crippen molar-refractivity contribution >= 4 is 50.4 Å². The Labute approximate surface area is 168 Å². The Balaban J connectivity index is 1.27. The maximum Gasteiger partial charge on any atom is 0.319 e. The number of benzene rings is 2. The van der Waals surface area contributed by atoms with Gasteiger partial charge in [0.1, 0.15) is 0 Å². The van der Waals surface area contributed by atoms with Crippen molar-refractivity contribution in [1.29, 1.82) is 0 Å². The third kappa shape index (κ3) is 3.48. The van der Waals surface area contributed by atoms with Crippen LogP contribution in [-0.2, 0) is 0 Å². The first-order valence-corrected chi connectivity index (χ1v) is 9.46. The number of aromatic amines is 1. The van der Waals surface area contributed by atoms with Crippen molar-refractivity contribution in [2.45, 2.75) is 6.42 Å². The van der Waals surface area contributed by atoms with Gasteiger partial charge in [-0.15, -0.1) is 0 Å². The number of amides is 4. The molecular formula is C19H16BrN5O3. The van der Waals surface area contributed by atoms with Gasteiger partial charge in [0.2, 0.25) is 0 Å². The van der Waals surface area contributed by atoms with Gasteiger partial charge in [-0.2, -0.15) is 5.10 Å². The molecule has 4 rings (SSSR count). The van der Waals surface area contributed by atoms with Crippen LogP contribution < -0.4 is 10.6 Å². The van der Waals surface area contributed by atoms with Gasteiger partial charge in [-0.25, -0.2) is 4.79 Å². The fourth-order valence-electron chi connectivity index (χ4n) is 3.10. The second kappa shape index (κ2) is 7.43. The van der Waals surface area contributed by atoms with Crippen molar-refractivity contribution in [3.05, 3.63) is 58.2 Å². The Morgan fingerprint density at radius 3 is 2.79 bits per heavy atom. The summed E-state index contributed by atoms with van der Waals surface area (Å²) < 4.78 is 0.751. The SMILES string of the molecule is O=C(NCCCN1C(=O)c2ccc(Br)cc2C1=O)Nc1ccc2cn[nH]c2c1. The predicted molar refractivity (Wildman–Crippen MR) is 107 cm³/mol. The minimum atomic E-state index is -0.356. The first-order chi connectivity index (χ1) is 13.5. The average Bonchev–Trinajstić information content (AvgIpc) is 3.22. The fraction of sp³-hybridized carbons (Fsp3) is 0.158. The van der Waals surface area contributed by atoms with E-state index in [4.69, 9.17) is 0 Å². The number of H-pyrrole nitrogens is 1. The van der Waals surface area contributed by atoms with Crippen molar-refractivity contribution in [2.24, 2.45) is 0 Å². The van der Waals surface area contributed by atoms with Gasteiger partial charge >= 0.3 is 6.03 Å². The molecule has 1 aliphatic rings. The van der Waals surface area contributed by atoms with Crippen LogP contribution in [0.3, 0.4) is 0 Å². The zero-order chi connectivity index (χ0) is 19.7. The van der Waals surface area contributed by atoms with Gasteiger partial charge in [-0.05, 0) is 42.8 Å². The number of carbonyl (C=O) groups excluding carboxylic acids is 3. The number of nitrogens with one attached hydrogen (secondary N) is 3. The molecule has 0 aliphatic carbocycles. The smallest absolute Gasteiger partial charge is 0.319 e. The highest BCUT2D eigenvalue weighted by atomic mass is 79.9. The van der Waals surface area contributed by atoms with Crippen LogP contribution in [0.4, 0.5) is 10.5 Å². The number of halogens is 1. The highest BCUT2D eigenvalue weighted by molar-refractivity contribution is 9.10. The Bertz CT molecular complexity index is 1090. The van der Waals surface area contributed by atoms with Crippen LogP contribution in [0.15, 0.2) is 47.1 Å². The molecule has 4 amide bonds. The monoisotopic (exact) mass is 441 g/mol. The van der Waals surface area contributed by atoms with E-state index in [1.807, 2.05) is 6.07 Å². The summed E-state index contributed by atoms with van der Waals surface area (Å²) in [6.07, 6.45) is 2.16. The molecule has 0 saturated carbocycles. The summed E-state index contributed by atoms with van der Waals surface area (Å²) in [6.45, 7) is 0.569. The lowest BCUT2D eigenvalue weighted by Crippen LogP contribution is -2.35. The number of fused-ring (bicyclic) bond motifs is 2. The lowest BCUT2D eigenvalue weighted by molar-refractivity contribution is 0.0653. The molecular weight excluding hydrogens is 426 g/mol. The first kappa shape index (κ1) is 18.2. The zero-order valence-corrected chi connectivity index (χ0v) is 16.2. The average molecular weight is 442 g/mol. The molecule has 0 unspecified atom stereocenters. The number of aromatic nitrogens is 2. The Hall–Kier alpha value is -3.20.